The largest absolute Gasteiger partial charge is 0.455 e. The van der Waals surface area contributed by atoms with E-state index in [2.05, 4.69) is 15.2 Å². The van der Waals surface area contributed by atoms with Crippen molar-refractivity contribution in [1.82, 2.24) is 10.1 Å². The number of fused-ring (bicyclic) bond motifs is 1. The lowest BCUT2D eigenvalue weighted by Crippen LogP contribution is -2.40. The Morgan fingerprint density at radius 3 is 2.46 bits per heavy atom. The molecule has 0 bridgehead atoms. The standard InChI is InChI=1S/C20H25N3O4S/c1-13-17-15(22-23-28(25,26)14-9-6-5-7-10-14)11-8-12-16(17)27-18(13)19(24)21-20(2,3)4/h5-7,9-10,23H,8,11-12H2,1-4H3,(H,21,24)/b22-15+. The zero-order valence-electron chi connectivity index (χ0n) is 16.5. The van der Waals surface area contributed by atoms with Gasteiger partial charge in [0.15, 0.2) is 5.76 Å². The monoisotopic (exact) mass is 403 g/mol. The normalized spacial score (nSPS) is 15.9. The van der Waals surface area contributed by atoms with E-state index in [1.165, 1.54) is 12.1 Å². The molecule has 0 aliphatic heterocycles. The molecule has 1 amide bonds. The fourth-order valence-electron chi connectivity index (χ4n) is 3.16. The molecule has 2 N–H and O–H groups in total. The zero-order valence-corrected chi connectivity index (χ0v) is 17.3. The first-order chi connectivity index (χ1) is 13.1. The first-order valence-corrected chi connectivity index (χ1v) is 10.7. The molecule has 150 valence electrons. The van der Waals surface area contributed by atoms with Gasteiger partial charge in [0, 0.05) is 23.1 Å². The summed E-state index contributed by atoms with van der Waals surface area (Å²) in [6, 6.07) is 8.07. The van der Waals surface area contributed by atoms with Crippen LogP contribution in [0.1, 0.15) is 61.1 Å². The summed E-state index contributed by atoms with van der Waals surface area (Å²) in [6.07, 6.45) is 2.06. The number of nitrogens with zero attached hydrogens (tertiary/aromatic N) is 1. The number of benzene rings is 1. The van der Waals surface area contributed by atoms with Crippen LogP contribution in [-0.4, -0.2) is 25.6 Å². The van der Waals surface area contributed by atoms with Gasteiger partial charge < -0.3 is 9.73 Å². The van der Waals surface area contributed by atoms with Crippen LogP contribution in [0.25, 0.3) is 0 Å². The molecule has 0 atom stereocenters. The van der Waals surface area contributed by atoms with Gasteiger partial charge in [-0.05, 0) is 52.7 Å². The average Bonchev–Trinajstić information content (AvgIpc) is 2.97. The van der Waals surface area contributed by atoms with Gasteiger partial charge in [0.25, 0.3) is 15.9 Å². The van der Waals surface area contributed by atoms with Crippen molar-refractivity contribution < 1.29 is 17.6 Å². The lowest BCUT2D eigenvalue weighted by atomic mass is 9.93. The van der Waals surface area contributed by atoms with Gasteiger partial charge in [-0.1, -0.05) is 18.2 Å². The van der Waals surface area contributed by atoms with E-state index in [1.54, 1.807) is 25.1 Å². The minimum atomic E-state index is -3.76. The fraction of sp³-hybridized carbons (Fsp3) is 0.400. The summed E-state index contributed by atoms with van der Waals surface area (Å²) < 4.78 is 30.7. The van der Waals surface area contributed by atoms with Crippen LogP contribution in [0.15, 0.2) is 44.7 Å². The highest BCUT2D eigenvalue weighted by Crippen LogP contribution is 2.30. The van der Waals surface area contributed by atoms with Crippen LogP contribution in [0.5, 0.6) is 0 Å². The van der Waals surface area contributed by atoms with Crippen LogP contribution < -0.4 is 10.1 Å². The Morgan fingerprint density at radius 2 is 1.82 bits per heavy atom. The molecule has 2 aromatic rings. The Hall–Kier alpha value is -2.61. The lowest BCUT2D eigenvalue weighted by Gasteiger charge is -2.19. The number of hydrazone groups is 1. The van der Waals surface area contributed by atoms with E-state index in [4.69, 9.17) is 4.42 Å². The van der Waals surface area contributed by atoms with Gasteiger partial charge in [-0.3, -0.25) is 4.79 Å². The summed E-state index contributed by atoms with van der Waals surface area (Å²) in [5.74, 6) is 0.629. The van der Waals surface area contributed by atoms with Crippen LogP contribution in [0.4, 0.5) is 0 Å². The van der Waals surface area contributed by atoms with E-state index in [0.717, 1.165) is 12.0 Å². The van der Waals surface area contributed by atoms with Crippen molar-refractivity contribution >= 4 is 21.6 Å². The van der Waals surface area contributed by atoms with Crippen molar-refractivity contribution in [2.24, 2.45) is 5.10 Å². The highest BCUT2D eigenvalue weighted by Gasteiger charge is 2.29. The number of aryl methyl sites for hydroxylation is 1. The van der Waals surface area contributed by atoms with Crippen LogP contribution in [0.2, 0.25) is 0 Å². The summed E-state index contributed by atoms with van der Waals surface area (Å²) in [5, 5.41) is 7.06. The highest BCUT2D eigenvalue weighted by molar-refractivity contribution is 7.89. The molecule has 8 heteroatoms. The molecule has 0 fully saturated rings. The molecule has 28 heavy (non-hydrogen) atoms. The van der Waals surface area contributed by atoms with Gasteiger partial charge in [-0.25, -0.2) is 0 Å². The molecule has 0 saturated heterocycles. The maximum atomic E-state index is 12.6. The smallest absolute Gasteiger partial charge is 0.287 e. The van der Waals surface area contributed by atoms with Gasteiger partial charge in [0.05, 0.1) is 10.6 Å². The molecule has 3 rings (SSSR count). The maximum absolute atomic E-state index is 12.6. The number of nitrogens with one attached hydrogen (secondary N) is 2. The molecule has 0 saturated carbocycles. The number of carbonyl (C=O) groups excluding carboxylic acids is 1. The molecule has 0 spiro atoms. The third-order valence-electron chi connectivity index (χ3n) is 4.37. The minimum Gasteiger partial charge on any atom is -0.455 e. The molecule has 1 aliphatic rings. The lowest BCUT2D eigenvalue weighted by molar-refractivity contribution is 0.0888. The van der Waals surface area contributed by atoms with Crippen LogP contribution >= 0.6 is 0 Å². The Morgan fingerprint density at radius 1 is 1.14 bits per heavy atom. The number of sulfonamides is 1. The van der Waals surface area contributed by atoms with Crippen LogP contribution in [-0.2, 0) is 16.4 Å². The second-order valence-corrected chi connectivity index (χ2v) is 9.54. The van der Waals surface area contributed by atoms with Gasteiger partial charge in [0.2, 0.25) is 0 Å². The summed E-state index contributed by atoms with van der Waals surface area (Å²) >= 11 is 0. The number of amides is 1. The predicted molar refractivity (Wildman–Crippen MR) is 107 cm³/mol. The maximum Gasteiger partial charge on any atom is 0.287 e. The minimum absolute atomic E-state index is 0.143. The van der Waals surface area contributed by atoms with Crippen molar-refractivity contribution in [2.45, 2.75) is 57.4 Å². The van der Waals surface area contributed by atoms with Gasteiger partial charge in [-0.15, -0.1) is 0 Å². The van der Waals surface area contributed by atoms with Crippen molar-refractivity contribution in [2.75, 3.05) is 0 Å². The van der Waals surface area contributed by atoms with Gasteiger partial charge in [-0.2, -0.15) is 18.4 Å². The molecular weight excluding hydrogens is 378 g/mol. The topological polar surface area (TPSA) is 101 Å². The number of furan rings is 1. The number of hydrogen-bond acceptors (Lipinski definition) is 5. The summed E-state index contributed by atoms with van der Waals surface area (Å²) in [7, 11) is -3.76. The SMILES string of the molecule is Cc1c(C(=O)NC(C)(C)C)oc2c1/C(=N/NS(=O)(=O)c1ccccc1)CCC2. The molecule has 7 nitrogen and oxygen atoms in total. The first-order valence-electron chi connectivity index (χ1n) is 9.17. The van der Waals surface area contributed by atoms with Crippen molar-refractivity contribution in [1.29, 1.82) is 0 Å². The molecule has 1 aromatic carbocycles. The van der Waals surface area contributed by atoms with E-state index in [1.807, 2.05) is 20.8 Å². The summed E-state index contributed by atoms with van der Waals surface area (Å²) in [5.41, 5.74) is 1.59. The first kappa shape index (κ1) is 20.1. The van der Waals surface area contributed by atoms with Crippen LogP contribution in [0.3, 0.4) is 0 Å². The Balaban J connectivity index is 1.91. The summed E-state index contributed by atoms with van der Waals surface area (Å²) in [4.78, 5) is 15.0. The van der Waals surface area contributed by atoms with E-state index >= 15 is 0 Å². The molecule has 1 aromatic heterocycles. The van der Waals surface area contributed by atoms with Crippen molar-refractivity contribution in [3.05, 3.63) is 53.0 Å². The Bertz CT molecular complexity index is 1020. The number of carbonyl (C=O) groups is 1. The summed E-state index contributed by atoms with van der Waals surface area (Å²) in [6.45, 7) is 7.49. The Kier molecular flexibility index (Phi) is 5.34. The van der Waals surface area contributed by atoms with E-state index in [-0.39, 0.29) is 22.1 Å². The molecular formula is C20H25N3O4S. The molecule has 0 unspecified atom stereocenters. The Labute approximate surface area is 165 Å². The fourth-order valence-corrected chi connectivity index (χ4v) is 4.01. The number of rotatable bonds is 4. The third kappa shape index (κ3) is 4.27. The molecule has 1 heterocycles. The molecule has 0 radical (unpaired) electrons. The van der Waals surface area contributed by atoms with Crippen molar-refractivity contribution in [3.8, 4) is 0 Å². The zero-order chi connectivity index (χ0) is 20.5. The van der Waals surface area contributed by atoms with E-state index in [0.29, 0.717) is 29.9 Å². The van der Waals surface area contributed by atoms with E-state index < -0.39 is 10.0 Å². The van der Waals surface area contributed by atoms with Crippen molar-refractivity contribution in [3.63, 3.8) is 0 Å². The van der Waals surface area contributed by atoms with Gasteiger partial charge in [0.1, 0.15) is 5.76 Å². The molecule has 1 aliphatic carbocycles. The highest BCUT2D eigenvalue weighted by atomic mass is 32.2. The quantitative estimate of drug-likeness (QED) is 0.766. The second-order valence-electron chi connectivity index (χ2n) is 7.88. The third-order valence-corrected chi connectivity index (χ3v) is 5.60. The van der Waals surface area contributed by atoms with Crippen LogP contribution in [0, 0.1) is 6.92 Å². The average molecular weight is 404 g/mol. The predicted octanol–water partition coefficient (Wildman–Crippen LogP) is 3.14. The van der Waals surface area contributed by atoms with E-state index in [9.17, 15) is 13.2 Å². The van der Waals surface area contributed by atoms with Gasteiger partial charge >= 0.3 is 0 Å². The second kappa shape index (κ2) is 7.43. The number of hydrogen-bond donors (Lipinski definition) is 2.